The fourth-order valence-electron chi connectivity index (χ4n) is 7.35. The average molecular weight is 951 g/mol. The molecule has 1 saturated heterocycles. The van der Waals surface area contributed by atoms with Crippen molar-refractivity contribution in [2.24, 2.45) is 33.8 Å². The highest BCUT2D eigenvalue weighted by Crippen LogP contribution is 2.20. The van der Waals surface area contributed by atoms with Gasteiger partial charge < -0.3 is 69.9 Å². The number of aliphatic carboxylic acids is 1. The highest BCUT2D eigenvalue weighted by molar-refractivity contribution is 5.98. The molecule has 0 radical (unpaired) electrons. The molecular weight excluding hydrogens is 885 g/mol. The van der Waals surface area contributed by atoms with E-state index >= 15 is 0 Å². The summed E-state index contributed by atoms with van der Waals surface area (Å²) in [6, 6.07) is 6.71. The molecule has 0 spiro atoms. The molecule has 1 aliphatic heterocycles. The highest BCUT2D eigenvalue weighted by Gasteiger charge is 2.40. The van der Waals surface area contributed by atoms with Crippen LogP contribution >= 0.6 is 0 Å². The number of primary amides is 1. The number of carboxylic acid groups (broad SMARTS) is 1. The van der Waals surface area contributed by atoms with Gasteiger partial charge in [-0.1, -0.05) is 74.5 Å². The number of hydrogen-bond donors (Lipinski definition) is 12. The minimum atomic E-state index is -1.59. The van der Waals surface area contributed by atoms with Gasteiger partial charge in [-0.15, -0.1) is 0 Å². The van der Waals surface area contributed by atoms with Gasteiger partial charge in [-0.3, -0.25) is 48.1 Å². The molecule has 0 aromatic heterocycles. The van der Waals surface area contributed by atoms with Gasteiger partial charge in [0.05, 0.1) is 19.1 Å². The Morgan fingerprint density at radius 2 is 1.21 bits per heavy atom. The standard InChI is InChI=1S/C45H66N12O11/c1-25(2)20-31(37(47)61)53-40(64)30(16-10-18-50-45(48)49)52-43(67)35-17-11-19-57(35)44(68)34(24-58)56-42(66)33(22-28-14-8-5-9-15-28)54-38(62)26(3)51-41(65)32(21-27-12-6-4-7-13-27)55-39(63)29(46)23-36(59)60/h4-9,12-15,25-26,29-35,58H,10-11,16-24,46H2,1-3H3,(H2,47,61)(H,51,65)(H,52,67)(H,53,64)(H,54,62)(H,55,63)(H,56,66)(H,59,60)(H4,48,49,50). The van der Waals surface area contributed by atoms with Crippen LogP contribution in [0.25, 0.3) is 0 Å². The van der Waals surface area contributed by atoms with Crippen molar-refractivity contribution in [3.05, 3.63) is 71.8 Å². The van der Waals surface area contributed by atoms with Gasteiger partial charge >= 0.3 is 5.97 Å². The first-order valence-corrected chi connectivity index (χ1v) is 22.3. The minimum Gasteiger partial charge on any atom is -0.481 e. The molecule has 8 atom stereocenters. The molecule has 16 N–H and O–H groups in total. The monoisotopic (exact) mass is 950 g/mol. The van der Waals surface area contributed by atoms with Crippen LogP contribution in [0.2, 0.25) is 0 Å². The van der Waals surface area contributed by atoms with Gasteiger partial charge in [0.1, 0.15) is 42.3 Å². The lowest BCUT2D eigenvalue weighted by molar-refractivity contribution is -0.143. The SMILES string of the molecule is CC(C)CC(NC(=O)C(CCCN=C(N)N)NC(=O)C1CCCN1C(=O)C(CO)NC(=O)C(Cc1ccccc1)NC(=O)C(C)NC(=O)C(Cc1ccccc1)NC(=O)C(N)CC(=O)O)C(N)=O. The van der Waals surface area contributed by atoms with E-state index in [1.165, 1.54) is 11.8 Å². The normalized spacial score (nSPS) is 16.3. The number of rotatable bonds is 27. The van der Waals surface area contributed by atoms with Gasteiger partial charge in [-0.05, 0) is 56.1 Å². The number of carboxylic acids is 1. The average Bonchev–Trinajstić information content (AvgIpc) is 3.79. The van der Waals surface area contributed by atoms with Gasteiger partial charge in [-0.25, -0.2) is 0 Å². The van der Waals surface area contributed by atoms with Crippen LogP contribution in [0.3, 0.4) is 0 Å². The quantitative estimate of drug-likeness (QED) is 0.0238. The van der Waals surface area contributed by atoms with E-state index in [9.17, 15) is 48.3 Å². The molecule has 0 bridgehead atoms. The van der Waals surface area contributed by atoms with Gasteiger partial charge in [0.25, 0.3) is 0 Å². The van der Waals surface area contributed by atoms with E-state index in [2.05, 4.69) is 36.9 Å². The lowest BCUT2D eigenvalue weighted by Gasteiger charge is -2.30. The zero-order chi connectivity index (χ0) is 50.5. The van der Waals surface area contributed by atoms with Crippen molar-refractivity contribution in [1.29, 1.82) is 0 Å². The number of nitrogens with one attached hydrogen (secondary N) is 6. The Balaban J connectivity index is 1.78. The molecule has 2 aromatic rings. The van der Waals surface area contributed by atoms with Crippen molar-refractivity contribution in [2.75, 3.05) is 19.7 Å². The smallest absolute Gasteiger partial charge is 0.305 e. The van der Waals surface area contributed by atoms with Crippen LogP contribution in [0.5, 0.6) is 0 Å². The molecule has 1 fully saturated rings. The Morgan fingerprint density at radius 1 is 0.691 bits per heavy atom. The summed E-state index contributed by atoms with van der Waals surface area (Å²) in [5.74, 6) is -7.94. The number of carbonyl (C=O) groups excluding carboxylic acids is 8. The maximum absolute atomic E-state index is 14.0. The molecular formula is C45H66N12O11. The summed E-state index contributed by atoms with van der Waals surface area (Å²) < 4.78 is 0. The third kappa shape index (κ3) is 18.3. The number of aliphatic hydroxyl groups is 1. The number of aliphatic imine (C=N–C) groups is 1. The number of benzene rings is 2. The first-order valence-electron chi connectivity index (χ1n) is 22.3. The van der Waals surface area contributed by atoms with E-state index in [4.69, 9.17) is 28.0 Å². The molecule has 1 heterocycles. The molecule has 23 nitrogen and oxygen atoms in total. The molecule has 0 aliphatic carbocycles. The summed E-state index contributed by atoms with van der Waals surface area (Å²) >= 11 is 0. The van der Waals surface area contributed by atoms with E-state index < -0.39 is 115 Å². The molecule has 0 saturated carbocycles. The number of likely N-dealkylation sites (tertiary alicyclic amines) is 1. The van der Waals surface area contributed by atoms with E-state index in [1.807, 2.05) is 13.8 Å². The number of aliphatic hydroxyl groups excluding tert-OH is 1. The Kier molecular flexibility index (Phi) is 22.3. The summed E-state index contributed by atoms with van der Waals surface area (Å²) in [6.45, 7) is 4.30. The van der Waals surface area contributed by atoms with E-state index in [-0.39, 0.29) is 63.5 Å². The number of carbonyl (C=O) groups is 9. The van der Waals surface area contributed by atoms with Crippen LogP contribution in [0.4, 0.5) is 0 Å². The zero-order valence-electron chi connectivity index (χ0n) is 38.5. The maximum Gasteiger partial charge on any atom is 0.305 e. The first kappa shape index (κ1) is 55.2. The van der Waals surface area contributed by atoms with E-state index in [1.54, 1.807) is 60.7 Å². The molecule has 8 amide bonds. The van der Waals surface area contributed by atoms with Crippen LogP contribution in [-0.2, 0) is 56.0 Å². The lowest BCUT2D eigenvalue weighted by Crippen LogP contribution is -2.60. The number of amides is 8. The largest absolute Gasteiger partial charge is 0.481 e. The fourth-order valence-corrected chi connectivity index (χ4v) is 7.35. The van der Waals surface area contributed by atoms with Crippen LogP contribution in [0, 0.1) is 5.92 Å². The van der Waals surface area contributed by atoms with E-state index in [0.717, 1.165) is 0 Å². The first-order chi connectivity index (χ1) is 32.2. The Hall–Kier alpha value is -7.14. The van der Waals surface area contributed by atoms with Crippen molar-refractivity contribution in [3.8, 4) is 0 Å². The second-order valence-corrected chi connectivity index (χ2v) is 17.0. The second kappa shape index (κ2) is 27.5. The van der Waals surface area contributed by atoms with Crippen LogP contribution < -0.4 is 54.8 Å². The zero-order valence-corrected chi connectivity index (χ0v) is 38.5. The highest BCUT2D eigenvalue weighted by atomic mass is 16.4. The number of guanidine groups is 1. The fraction of sp³-hybridized carbons (Fsp3) is 0.511. The molecule has 23 heteroatoms. The molecule has 372 valence electrons. The lowest BCUT2D eigenvalue weighted by atomic mass is 10.0. The second-order valence-electron chi connectivity index (χ2n) is 17.0. The topological polar surface area (TPSA) is 386 Å². The number of nitrogens with two attached hydrogens (primary N) is 4. The van der Waals surface area contributed by atoms with Crippen LogP contribution in [0.1, 0.15) is 70.4 Å². The predicted octanol–water partition coefficient (Wildman–Crippen LogP) is -3.23. The summed E-state index contributed by atoms with van der Waals surface area (Å²) in [5, 5.41) is 34.9. The predicted molar refractivity (Wildman–Crippen MR) is 248 cm³/mol. The summed E-state index contributed by atoms with van der Waals surface area (Å²) in [6.07, 6.45) is 0.214. The molecule has 1 aliphatic rings. The van der Waals surface area contributed by atoms with Crippen molar-refractivity contribution in [2.45, 2.75) is 120 Å². The van der Waals surface area contributed by atoms with Gasteiger partial charge in [0.2, 0.25) is 47.3 Å². The van der Waals surface area contributed by atoms with Crippen LogP contribution in [0.15, 0.2) is 65.7 Å². The summed E-state index contributed by atoms with van der Waals surface area (Å²) in [4.78, 5) is 124. The molecule has 3 rings (SSSR count). The number of hydrogen-bond acceptors (Lipinski definition) is 12. The maximum atomic E-state index is 14.0. The molecule has 8 unspecified atom stereocenters. The Labute approximate surface area is 394 Å². The third-order valence-electron chi connectivity index (χ3n) is 10.9. The summed E-state index contributed by atoms with van der Waals surface area (Å²) in [5.41, 5.74) is 23.4. The van der Waals surface area contributed by atoms with Crippen molar-refractivity contribution < 1.29 is 53.4 Å². The third-order valence-corrected chi connectivity index (χ3v) is 10.9. The summed E-state index contributed by atoms with van der Waals surface area (Å²) in [7, 11) is 0. The van der Waals surface area contributed by atoms with Gasteiger partial charge in [-0.2, -0.15) is 0 Å². The number of nitrogens with zero attached hydrogens (tertiary/aromatic N) is 2. The molecule has 2 aromatic carbocycles. The minimum absolute atomic E-state index is 0.00650. The Bertz CT molecular complexity index is 2090. The van der Waals surface area contributed by atoms with E-state index in [0.29, 0.717) is 17.5 Å². The van der Waals surface area contributed by atoms with Crippen molar-refractivity contribution in [3.63, 3.8) is 0 Å². The Morgan fingerprint density at radius 3 is 1.72 bits per heavy atom. The van der Waals surface area contributed by atoms with Crippen LogP contribution in [-0.4, -0.2) is 142 Å². The van der Waals surface area contributed by atoms with Crippen molar-refractivity contribution >= 4 is 59.2 Å². The molecule has 68 heavy (non-hydrogen) atoms. The van der Waals surface area contributed by atoms with Crippen molar-refractivity contribution in [1.82, 2.24) is 36.8 Å². The van der Waals surface area contributed by atoms with Gasteiger partial charge in [0.15, 0.2) is 5.96 Å². The van der Waals surface area contributed by atoms with Gasteiger partial charge in [0, 0.05) is 25.9 Å².